The molecule has 26 heavy (non-hydrogen) atoms. The Balaban J connectivity index is 1.47. The van der Waals surface area contributed by atoms with Crippen molar-refractivity contribution in [3.05, 3.63) is 29.3 Å². The van der Waals surface area contributed by atoms with Gasteiger partial charge in [0.15, 0.2) is 0 Å². The van der Waals surface area contributed by atoms with Crippen molar-refractivity contribution in [3.8, 4) is 5.75 Å². The second-order valence-corrected chi connectivity index (χ2v) is 7.76. The van der Waals surface area contributed by atoms with E-state index in [1.165, 1.54) is 38.5 Å². The van der Waals surface area contributed by atoms with Gasteiger partial charge in [-0.1, -0.05) is 43.7 Å². The fraction of sp³-hybridized carbons (Fsp3) is 0.682. The Kier molecular flexibility index (Phi) is 9.91. The maximum Gasteiger partial charge on any atom is 0.305 e. The molecule has 0 aromatic heterocycles. The molecule has 1 aromatic rings. The molecule has 0 aliphatic heterocycles. The fourth-order valence-electron chi connectivity index (χ4n) is 3.71. The standard InChI is InChI=1S/C22H33ClO3/c1-2-25-22(24)9-7-5-3-4-6-8-18-10-14-20(15-11-18)26-21-16-12-19(23)13-17-21/h12-13,16-18,20H,2-11,14-15H2,1H3. The van der Waals surface area contributed by atoms with E-state index in [2.05, 4.69) is 0 Å². The van der Waals surface area contributed by atoms with Crippen LogP contribution in [0, 0.1) is 5.92 Å². The number of carbonyl (C=O) groups is 1. The van der Waals surface area contributed by atoms with Crippen LogP contribution >= 0.6 is 11.6 Å². The van der Waals surface area contributed by atoms with Gasteiger partial charge in [-0.05, 0) is 69.2 Å². The van der Waals surface area contributed by atoms with Crippen LogP contribution in [0.4, 0.5) is 0 Å². The van der Waals surface area contributed by atoms with E-state index in [-0.39, 0.29) is 5.97 Å². The Morgan fingerprint density at radius 1 is 1.00 bits per heavy atom. The fourth-order valence-corrected chi connectivity index (χ4v) is 3.84. The maximum atomic E-state index is 11.3. The largest absolute Gasteiger partial charge is 0.490 e. The first-order valence-electron chi connectivity index (χ1n) is 10.2. The van der Waals surface area contributed by atoms with E-state index in [9.17, 15) is 4.79 Å². The summed E-state index contributed by atoms with van der Waals surface area (Å²) < 4.78 is 11.0. The summed E-state index contributed by atoms with van der Waals surface area (Å²) in [4.78, 5) is 11.3. The highest BCUT2D eigenvalue weighted by atomic mass is 35.5. The van der Waals surface area contributed by atoms with Crippen molar-refractivity contribution in [2.45, 2.75) is 83.7 Å². The van der Waals surface area contributed by atoms with Crippen LogP contribution in [0.5, 0.6) is 5.75 Å². The lowest BCUT2D eigenvalue weighted by atomic mass is 9.84. The van der Waals surface area contributed by atoms with Crippen LogP contribution in [0.2, 0.25) is 5.02 Å². The number of esters is 1. The molecular weight excluding hydrogens is 348 g/mol. The molecule has 1 fully saturated rings. The van der Waals surface area contributed by atoms with Gasteiger partial charge in [0.05, 0.1) is 12.7 Å². The van der Waals surface area contributed by atoms with Gasteiger partial charge in [0.1, 0.15) is 5.75 Å². The second kappa shape index (κ2) is 12.2. The van der Waals surface area contributed by atoms with E-state index < -0.39 is 0 Å². The summed E-state index contributed by atoms with van der Waals surface area (Å²) in [6.45, 7) is 2.35. The molecular formula is C22H33ClO3. The van der Waals surface area contributed by atoms with Gasteiger partial charge >= 0.3 is 5.97 Å². The molecule has 0 radical (unpaired) electrons. The third kappa shape index (κ3) is 8.44. The maximum absolute atomic E-state index is 11.3. The van der Waals surface area contributed by atoms with Gasteiger partial charge < -0.3 is 9.47 Å². The first kappa shape index (κ1) is 21.1. The van der Waals surface area contributed by atoms with Crippen LogP contribution in [0.15, 0.2) is 24.3 Å². The molecule has 0 heterocycles. The van der Waals surface area contributed by atoms with E-state index in [1.807, 2.05) is 31.2 Å². The van der Waals surface area contributed by atoms with Gasteiger partial charge in [0, 0.05) is 11.4 Å². The van der Waals surface area contributed by atoms with E-state index in [0.717, 1.165) is 42.4 Å². The van der Waals surface area contributed by atoms with E-state index >= 15 is 0 Å². The number of unbranched alkanes of at least 4 members (excludes halogenated alkanes) is 4. The highest BCUT2D eigenvalue weighted by molar-refractivity contribution is 6.30. The van der Waals surface area contributed by atoms with Crippen LogP contribution in [0.25, 0.3) is 0 Å². The minimum absolute atomic E-state index is 0.0509. The number of hydrogen-bond donors (Lipinski definition) is 0. The zero-order chi connectivity index (χ0) is 18.6. The Hall–Kier alpha value is -1.22. The summed E-state index contributed by atoms with van der Waals surface area (Å²) >= 11 is 5.91. The smallest absolute Gasteiger partial charge is 0.305 e. The summed E-state index contributed by atoms with van der Waals surface area (Å²) in [5, 5.41) is 0.752. The summed E-state index contributed by atoms with van der Waals surface area (Å²) in [7, 11) is 0. The minimum atomic E-state index is -0.0509. The summed E-state index contributed by atoms with van der Waals surface area (Å²) in [6.07, 6.45) is 13.1. The van der Waals surface area contributed by atoms with Crippen molar-refractivity contribution in [1.82, 2.24) is 0 Å². The third-order valence-electron chi connectivity index (χ3n) is 5.21. The highest BCUT2D eigenvalue weighted by Crippen LogP contribution is 2.31. The average molecular weight is 381 g/mol. The summed E-state index contributed by atoms with van der Waals surface area (Å²) in [6, 6.07) is 7.68. The number of ether oxygens (including phenoxy) is 2. The zero-order valence-corrected chi connectivity index (χ0v) is 16.8. The molecule has 1 aliphatic rings. The van der Waals surface area contributed by atoms with Crippen LogP contribution in [-0.2, 0) is 9.53 Å². The number of rotatable bonds is 11. The van der Waals surface area contributed by atoms with Crippen molar-refractivity contribution >= 4 is 17.6 Å². The lowest BCUT2D eigenvalue weighted by Gasteiger charge is -2.29. The van der Waals surface area contributed by atoms with Crippen LogP contribution < -0.4 is 4.74 Å². The van der Waals surface area contributed by atoms with E-state index in [1.54, 1.807) is 0 Å². The minimum Gasteiger partial charge on any atom is -0.490 e. The van der Waals surface area contributed by atoms with Crippen molar-refractivity contribution in [2.24, 2.45) is 5.92 Å². The van der Waals surface area contributed by atoms with E-state index in [4.69, 9.17) is 21.1 Å². The Morgan fingerprint density at radius 2 is 1.65 bits per heavy atom. The first-order valence-corrected chi connectivity index (χ1v) is 10.6. The van der Waals surface area contributed by atoms with Crippen molar-refractivity contribution in [1.29, 1.82) is 0 Å². The number of hydrogen-bond acceptors (Lipinski definition) is 3. The second-order valence-electron chi connectivity index (χ2n) is 7.33. The topological polar surface area (TPSA) is 35.5 Å². The molecule has 0 bridgehead atoms. The molecule has 3 nitrogen and oxygen atoms in total. The molecule has 1 aromatic carbocycles. The molecule has 4 heteroatoms. The molecule has 0 amide bonds. The van der Waals surface area contributed by atoms with Crippen LogP contribution in [0.3, 0.4) is 0 Å². The van der Waals surface area contributed by atoms with Crippen molar-refractivity contribution < 1.29 is 14.3 Å². The Bertz CT molecular complexity index is 507. The molecule has 0 atom stereocenters. The first-order chi connectivity index (χ1) is 12.7. The predicted octanol–water partition coefficient (Wildman–Crippen LogP) is 6.57. The molecule has 146 valence electrons. The van der Waals surface area contributed by atoms with Gasteiger partial charge in [-0.25, -0.2) is 0 Å². The van der Waals surface area contributed by atoms with Crippen LogP contribution in [-0.4, -0.2) is 18.7 Å². The van der Waals surface area contributed by atoms with Gasteiger partial charge in [0.2, 0.25) is 0 Å². The summed E-state index contributed by atoms with van der Waals surface area (Å²) in [5.74, 6) is 1.74. The number of carbonyl (C=O) groups excluding carboxylic acids is 1. The quantitative estimate of drug-likeness (QED) is 0.321. The molecule has 0 spiro atoms. The Labute approximate surface area is 163 Å². The lowest BCUT2D eigenvalue weighted by Crippen LogP contribution is -2.24. The molecule has 0 saturated heterocycles. The molecule has 1 aliphatic carbocycles. The third-order valence-corrected chi connectivity index (χ3v) is 5.46. The van der Waals surface area contributed by atoms with Crippen molar-refractivity contribution in [3.63, 3.8) is 0 Å². The zero-order valence-electron chi connectivity index (χ0n) is 16.1. The normalized spacial score (nSPS) is 19.9. The average Bonchev–Trinajstić information content (AvgIpc) is 2.64. The van der Waals surface area contributed by atoms with Gasteiger partial charge in [-0.2, -0.15) is 0 Å². The number of halogens is 1. The molecule has 2 rings (SSSR count). The number of benzene rings is 1. The predicted molar refractivity (Wildman–Crippen MR) is 107 cm³/mol. The highest BCUT2D eigenvalue weighted by Gasteiger charge is 2.22. The summed E-state index contributed by atoms with van der Waals surface area (Å²) in [5.41, 5.74) is 0. The molecule has 0 N–H and O–H groups in total. The Morgan fingerprint density at radius 3 is 2.35 bits per heavy atom. The molecule has 1 saturated carbocycles. The van der Waals surface area contributed by atoms with Crippen molar-refractivity contribution in [2.75, 3.05) is 6.61 Å². The van der Waals surface area contributed by atoms with Gasteiger partial charge in [-0.15, -0.1) is 0 Å². The molecule has 0 unspecified atom stereocenters. The monoisotopic (exact) mass is 380 g/mol. The van der Waals surface area contributed by atoms with Gasteiger partial charge in [-0.3, -0.25) is 4.79 Å². The SMILES string of the molecule is CCOC(=O)CCCCCCCC1CCC(Oc2ccc(Cl)cc2)CC1. The van der Waals surface area contributed by atoms with Gasteiger partial charge in [0.25, 0.3) is 0 Å². The lowest BCUT2D eigenvalue weighted by molar-refractivity contribution is -0.143. The van der Waals surface area contributed by atoms with E-state index in [0.29, 0.717) is 19.1 Å². The van der Waals surface area contributed by atoms with Crippen LogP contribution in [0.1, 0.15) is 77.6 Å².